The van der Waals surface area contributed by atoms with Gasteiger partial charge in [-0.3, -0.25) is 9.69 Å². The van der Waals surface area contributed by atoms with Gasteiger partial charge in [0.25, 0.3) is 0 Å². The summed E-state index contributed by atoms with van der Waals surface area (Å²) in [7, 11) is 1.21. The van der Waals surface area contributed by atoms with Crippen LogP contribution in [0, 0.1) is 0 Å². The van der Waals surface area contributed by atoms with Crippen molar-refractivity contribution in [2.24, 2.45) is 0 Å². The monoisotopic (exact) mass is 487 g/mol. The molecule has 0 bridgehead atoms. The van der Waals surface area contributed by atoms with Gasteiger partial charge in [0.05, 0.1) is 25.6 Å². The van der Waals surface area contributed by atoms with Gasteiger partial charge in [-0.1, -0.05) is 30.3 Å². The predicted octanol–water partition coefficient (Wildman–Crippen LogP) is 3.72. The molecule has 35 heavy (non-hydrogen) atoms. The number of benzene rings is 2. The van der Waals surface area contributed by atoms with Gasteiger partial charge < -0.3 is 24.4 Å². The van der Waals surface area contributed by atoms with E-state index in [-0.39, 0.29) is 24.5 Å². The summed E-state index contributed by atoms with van der Waals surface area (Å²) in [6, 6.07) is 12.0. The van der Waals surface area contributed by atoms with Crippen molar-refractivity contribution < 1.29 is 43.6 Å². The van der Waals surface area contributed by atoms with Crippen molar-refractivity contribution in [2.75, 3.05) is 7.11 Å². The minimum absolute atomic E-state index is 0.113. The highest BCUT2D eigenvalue weighted by Gasteiger charge is 2.35. The molecule has 0 fully saturated rings. The second kappa shape index (κ2) is 11.9. The van der Waals surface area contributed by atoms with Gasteiger partial charge in [0.2, 0.25) is 0 Å². The van der Waals surface area contributed by atoms with E-state index in [9.17, 15) is 29.4 Å². The highest BCUT2D eigenvalue weighted by molar-refractivity contribution is 5.90. The molecular formula is C25H29NO9. The Balaban J connectivity index is 2.44. The maximum absolute atomic E-state index is 12.9. The average molecular weight is 488 g/mol. The van der Waals surface area contributed by atoms with Crippen molar-refractivity contribution in [1.82, 2.24) is 4.90 Å². The molecule has 2 N–H and O–H groups in total. The van der Waals surface area contributed by atoms with E-state index < -0.39 is 42.1 Å². The second-order valence-electron chi connectivity index (χ2n) is 8.69. The van der Waals surface area contributed by atoms with E-state index in [0.29, 0.717) is 5.56 Å². The number of hydrogen-bond acceptors (Lipinski definition) is 7. The zero-order chi connectivity index (χ0) is 26.2. The van der Waals surface area contributed by atoms with Gasteiger partial charge in [0.1, 0.15) is 24.0 Å². The van der Waals surface area contributed by atoms with E-state index >= 15 is 0 Å². The normalized spacial score (nSPS) is 11.8. The molecule has 0 saturated carbocycles. The first-order valence-electron chi connectivity index (χ1n) is 10.7. The molecule has 0 spiro atoms. The first kappa shape index (κ1) is 27.2. The Kier molecular flexibility index (Phi) is 9.21. The van der Waals surface area contributed by atoms with Crippen LogP contribution in [-0.4, -0.2) is 57.9 Å². The molecule has 0 aromatic heterocycles. The molecule has 0 heterocycles. The van der Waals surface area contributed by atoms with Crippen LogP contribution in [-0.2, 0) is 32.2 Å². The van der Waals surface area contributed by atoms with E-state index in [4.69, 9.17) is 14.2 Å². The summed E-state index contributed by atoms with van der Waals surface area (Å²) in [6.07, 6.45) is -1.86. The van der Waals surface area contributed by atoms with Gasteiger partial charge in [-0.2, -0.15) is 0 Å². The van der Waals surface area contributed by atoms with Crippen LogP contribution in [0.1, 0.15) is 48.7 Å². The number of hydrogen-bond donors (Lipinski definition) is 2. The van der Waals surface area contributed by atoms with E-state index in [1.165, 1.54) is 25.3 Å². The molecule has 0 aliphatic rings. The number of carboxylic acid groups (broad SMARTS) is 2. The van der Waals surface area contributed by atoms with Gasteiger partial charge in [0, 0.05) is 0 Å². The number of esters is 1. The van der Waals surface area contributed by atoms with Gasteiger partial charge in [-0.15, -0.1) is 0 Å². The molecule has 1 unspecified atom stereocenters. The van der Waals surface area contributed by atoms with Crippen molar-refractivity contribution in [2.45, 2.75) is 52.0 Å². The third-order valence-corrected chi connectivity index (χ3v) is 4.65. The number of methoxy groups -OCH3 is 1. The molecule has 188 valence electrons. The smallest absolute Gasteiger partial charge is 0.411 e. The molecule has 0 aliphatic heterocycles. The number of ether oxygens (including phenoxy) is 3. The Morgan fingerprint density at radius 3 is 2.17 bits per heavy atom. The van der Waals surface area contributed by atoms with E-state index in [0.717, 1.165) is 10.5 Å². The molecular weight excluding hydrogens is 458 g/mol. The van der Waals surface area contributed by atoms with Crippen molar-refractivity contribution in [3.63, 3.8) is 0 Å². The minimum atomic E-state index is -1.71. The molecule has 0 radical (unpaired) electrons. The fourth-order valence-electron chi connectivity index (χ4n) is 3.13. The molecule has 2 aromatic rings. The van der Waals surface area contributed by atoms with Gasteiger partial charge in [-0.25, -0.2) is 14.4 Å². The molecule has 2 aromatic carbocycles. The third-order valence-electron chi connectivity index (χ3n) is 4.65. The number of rotatable bonds is 10. The Labute approximate surface area is 203 Å². The number of aliphatic carboxylic acids is 2. The summed E-state index contributed by atoms with van der Waals surface area (Å²) < 4.78 is 15.9. The summed E-state index contributed by atoms with van der Waals surface area (Å²) in [5.41, 5.74) is 0.348. The fraction of sp³-hybridized carbons (Fsp3) is 0.360. The van der Waals surface area contributed by atoms with Crippen LogP contribution < -0.4 is 4.74 Å². The highest BCUT2D eigenvalue weighted by atomic mass is 16.6. The third kappa shape index (κ3) is 8.65. The largest absolute Gasteiger partial charge is 0.489 e. The molecule has 1 atom stereocenters. The summed E-state index contributed by atoms with van der Waals surface area (Å²) in [6.45, 7) is 4.64. The molecule has 0 saturated heterocycles. The Morgan fingerprint density at radius 2 is 1.63 bits per heavy atom. The van der Waals surface area contributed by atoms with Crippen molar-refractivity contribution >= 4 is 24.0 Å². The average Bonchev–Trinajstić information content (AvgIpc) is 2.78. The SMILES string of the molecule is COC(=O)c1cc(CN(C(=O)OC(C)(C)C)C(CC(=O)O)C(=O)O)cc(OCc2ccccc2)c1. The summed E-state index contributed by atoms with van der Waals surface area (Å²) in [5.74, 6) is -3.30. The topological polar surface area (TPSA) is 140 Å². The summed E-state index contributed by atoms with van der Waals surface area (Å²) in [4.78, 5) is 49.1. The lowest BCUT2D eigenvalue weighted by atomic mass is 10.1. The molecule has 2 rings (SSSR count). The standard InChI is InChI=1S/C25H29NO9/c1-25(2,3)35-24(32)26(20(22(29)30)13-21(27)28)14-17-10-18(23(31)33-4)12-19(11-17)34-15-16-8-6-5-7-9-16/h5-12,20H,13-15H2,1-4H3,(H,27,28)(H,29,30). The number of nitrogens with zero attached hydrogens (tertiary/aromatic N) is 1. The first-order valence-corrected chi connectivity index (χ1v) is 10.7. The van der Waals surface area contributed by atoms with Crippen molar-refractivity contribution in [3.05, 3.63) is 65.2 Å². The highest BCUT2D eigenvalue weighted by Crippen LogP contribution is 2.23. The predicted molar refractivity (Wildman–Crippen MR) is 124 cm³/mol. The number of carbonyl (C=O) groups is 4. The van der Waals surface area contributed by atoms with Crippen molar-refractivity contribution in [3.8, 4) is 5.75 Å². The van der Waals surface area contributed by atoms with Gasteiger partial charge >= 0.3 is 24.0 Å². The molecule has 10 nitrogen and oxygen atoms in total. The van der Waals surface area contributed by atoms with Crippen LogP contribution in [0.2, 0.25) is 0 Å². The molecule has 1 amide bonds. The Morgan fingerprint density at radius 1 is 0.971 bits per heavy atom. The number of amides is 1. The van der Waals surface area contributed by atoms with E-state index in [1.807, 2.05) is 30.3 Å². The second-order valence-corrected chi connectivity index (χ2v) is 8.69. The van der Waals surface area contributed by atoms with Crippen LogP contribution in [0.3, 0.4) is 0 Å². The van der Waals surface area contributed by atoms with Crippen LogP contribution in [0.15, 0.2) is 48.5 Å². The zero-order valence-electron chi connectivity index (χ0n) is 20.0. The zero-order valence-corrected chi connectivity index (χ0v) is 20.0. The Hall–Kier alpha value is -4.08. The number of carboxylic acids is 2. The van der Waals surface area contributed by atoms with Crippen LogP contribution in [0.4, 0.5) is 4.79 Å². The minimum Gasteiger partial charge on any atom is -0.489 e. The van der Waals surface area contributed by atoms with Gasteiger partial charge in [-0.05, 0) is 50.1 Å². The maximum Gasteiger partial charge on any atom is 0.411 e. The lowest BCUT2D eigenvalue weighted by Gasteiger charge is -2.31. The lowest BCUT2D eigenvalue weighted by Crippen LogP contribution is -2.47. The lowest BCUT2D eigenvalue weighted by molar-refractivity contribution is -0.149. The van der Waals surface area contributed by atoms with Crippen LogP contribution in [0.25, 0.3) is 0 Å². The van der Waals surface area contributed by atoms with E-state index in [1.54, 1.807) is 20.8 Å². The quantitative estimate of drug-likeness (QED) is 0.480. The molecule has 0 aliphatic carbocycles. The van der Waals surface area contributed by atoms with E-state index in [2.05, 4.69) is 0 Å². The number of carbonyl (C=O) groups excluding carboxylic acids is 2. The van der Waals surface area contributed by atoms with Crippen LogP contribution >= 0.6 is 0 Å². The summed E-state index contributed by atoms with van der Waals surface area (Å²) >= 11 is 0. The first-order chi connectivity index (χ1) is 16.4. The molecule has 10 heteroatoms. The summed E-state index contributed by atoms with van der Waals surface area (Å²) in [5, 5.41) is 18.9. The Bertz CT molecular complexity index is 1060. The maximum atomic E-state index is 12.9. The van der Waals surface area contributed by atoms with Gasteiger partial charge in [0.15, 0.2) is 0 Å². The van der Waals surface area contributed by atoms with Crippen molar-refractivity contribution in [1.29, 1.82) is 0 Å². The fourth-order valence-corrected chi connectivity index (χ4v) is 3.13. The van der Waals surface area contributed by atoms with Crippen LogP contribution in [0.5, 0.6) is 5.75 Å².